The van der Waals surface area contributed by atoms with Gasteiger partial charge in [0.25, 0.3) is 0 Å². The summed E-state index contributed by atoms with van der Waals surface area (Å²) >= 11 is 3.67. The Morgan fingerprint density at radius 2 is 1.33 bits per heavy atom. The van der Waals surface area contributed by atoms with E-state index < -0.39 is 36.4 Å². The molecule has 0 aromatic carbocycles. The largest absolute Gasteiger partial charge is 1.00 e. The molecule has 0 aromatic rings. The molecule has 0 atom stereocenters. The first-order chi connectivity index (χ1) is 7.69. The minimum Gasteiger partial charge on any atom is -1.00 e. The standard InChI is InChI=1S/C6H8O7.C2H6OS.Na.H/c7-3(8)1-6(13,5(11)12)2-4(9)10;3-1-2-4;;/h13H,1-2H2,(H,7,8)(H,9,10)(H,11,12);3-4H,1-2H2;;/q;;+1;-1. The second-order valence-electron chi connectivity index (χ2n) is 2.92. The van der Waals surface area contributed by atoms with Gasteiger partial charge < -0.3 is 27.0 Å². The van der Waals surface area contributed by atoms with Crippen LogP contribution in [-0.2, 0) is 14.4 Å². The summed E-state index contributed by atoms with van der Waals surface area (Å²) in [6.07, 6.45) is -2.29. The first kappa shape index (κ1) is 22.8. The first-order valence-corrected chi connectivity index (χ1v) is 4.94. The zero-order valence-electron chi connectivity index (χ0n) is 10.7. The summed E-state index contributed by atoms with van der Waals surface area (Å²) in [6.45, 7) is 0.184. The van der Waals surface area contributed by atoms with Crippen LogP contribution in [0, 0.1) is 0 Å². The van der Waals surface area contributed by atoms with Crippen molar-refractivity contribution in [1.29, 1.82) is 0 Å². The van der Waals surface area contributed by atoms with Crippen molar-refractivity contribution in [3.63, 3.8) is 0 Å². The second-order valence-corrected chi connectivity index (χ2v) is 3.37. The van der Waals surface area contributed by atoms with Crippen LogP contribution in [-0.4, -0.2) is 61.4 Å². The van der Waals surface area contributed by atoms with Gasteiger partial charge in [-0.25, -0.2) is 4.79 Å². The summed E-state index contributed by atoms with van der Waals surface area (Å²) in [6, 6.07) is 0. The molecule has 102 valence electrons. The van der Waals surface area contributed by atoms with Gasteiger partial charge in [0.15, 0.2) is 5.60 Å². The van der Waals surface area contributed by atoms with E-state index in [1.807, 2.05) is 0 Å². The van der Waals surface area contributed by atoms with Gasteiger partial charge in [0.05, 0.1) is 19.4 Å². The van der Waals surface area contributed by atoms with Gasteiger partial charge in [0.2, 0.25) is 0 Å². The summed E-state index contributed by atoms with van der Waals surface area (Å²) in [5.41, 5.74) is -2.74. The number of aliphatic carboxylic acids is 3. The van der Waals surface area contributed by atoms with Gasteiger partial charge in [-0.2, -0.15) is 12.6 Å². The van der Waals surface area contributed by atoms with E-state index in [4.69, 9.17) is 25.5 Å². The summed E-state index contributed by atoms with van der Waals surface area (Å²) in [5, 5.41) is 41.6. The molecule has 0 aliphatic carbocycles. The number of hydrogen-bond donors (Lipinski definition) is 6. The number of aliphatic hydroxyl groups is 2. The van der Waals surface area contributed by atoms with Crippen molar-refractivity contribution in [1.82, 2.24) is 0 Å². The van der Waals surface area contributed by atoms with Crippen LogP contribution >= 0.6 is 12.6 Å². The fraction of sp³-hybridized carbons (Fsp3) is 0.625. The van der Waals surface area contributed by atoms with Crippen LogP contribution in [0.15, 0.2) is 0 Å². The summed E-state index contributed by atoms with van der Waals surface area (Å²) in [5.74, 6) is -4.45. The number of thiol groups is 1. The second kappa shape index (κ2) is 11.8. The predicted molar refractivity (Wildman–Crippen MR) is 59.1 cm³/mol. The van der Waals surface area contributed by atoms with Gasteiger partial charge in [-0.05, 0) is 0 Å². The molecule has 0 aromatic heterocycles. The molecule has 0 aliphatic heterocycles. The fourth-order valence-electron chi connectivity index (χ4n) is 0.714. The van der Waals surface area contributed by atoms with E-state index in [9.17, 15) is 14.4 Å². The van der Waals surface area contributed by atoms with Crippen molar-refractivity contribution >= 4 is 30.5 Å². The Balaban J connectivity index is -0.000000165. The SMILES string of the molecule is O=C(O)CC(O)(CC(=O)O)C(=O)O.OCCS.[H-].[Na+]. The number of carbonyl (C=O) groups is 3. The molecule has 0 radical (unpaired) electrons. The van der Waals surface area contributed by atoms with Crippen LogP contribution in [0.2, 0.25) is 0 Å². The van der Waals surface area contributed by atoms with E-state index in [2.05, 4.69) is 12.6 Å². The van der Waals surface area contributed by atoms with Crippen molar-refractivity contribution < 1.29 is 70.9 Å². The number of carboxylic acids is 3. The molecule has 0 fully saturated rings. The van der Waals surface area contributed by atoms with Crippen molar-refractivity contribution in [2.24, 2.45) is 0 Å². The Morgan fingerprint density at radius 1 is 1.06 bits per heavy atom. The Labute approximate surface area is 132 Å². The zero-order valence-corrected chi connectivity index (χ0v) is 12.6. The third kappa shape index (κ3) is 12.1. The molecule has 0 spiro atoms. The average Bonchev–Trinajstić information content (AvgIpc) is 2.15. The van der Waals surface area contributed by atoms with Crippen LogP contribution in [0.3, 0.4) is 0 Å². The molecule has 8 nitrogen and oxygen atoms in total. The average molecular weight is 294 g/mol. The molecule has 0 heterocycles. The summed E-state index contributed by atoms with van der Waals surface area (Å²) < 4.78 is 0. The van der Waals surface area contributed by atoms with Crippen molar-refractivity contribution in [2.45, 2.75) is 18.4 Å². The molecular formula is C8H15NaO8S. The van der Waals surface area contributed by atoms with E-state index in [0.29, 0.717) is 5.75 Å². The predicted octanol–water partition coefficient (Wildman–Crippen LogP) is -4.22. The molecule has 0 rings (SSSR count). The van der Waals surface area contributed by atoms with E-state index in [1.165, 1.54) is 0 Å². The molecule has 0 saturated heterocycles. The molecular weight excluding hydrogens is 279 g/mol. The van der Waals surface area contributed by atoms with Crippen LogP contribution in [0.5, 0.6) is 0 Å². The van der Waals surface area contributed by atoms with E-state index in [1.54, 1.807) is 0 Å². The Morgan fingerprint density at radius 3 is 1.44 bits per heavy atom. The molecule has 0 aliphatic rings. The molecule has 0 bridgehead atoms. The van der Waals surface area contributed by atoms with Crippen molar-refractivity contribution in [3.05, 3.63) is 0 Å². The first-order valence-electron chi connectivity index (χ1n) is 4.30. The van der Waals surface area contributed by atoms with Crippen LogP contribution in [0.25, 0.3) is 0 Å². The normalized spacial score (nSPS) is 9.50. The molecule has 0 unspecified atom stereocenters. The monoisotopic (exact) mass is 294 g/mol. The van der Waals surface area contributed by atoms with Gasteiger partial charge in [-0.3, -0.25) is 9.59 Å². The molecule has 10 heteroatoms. The Hall–Kier alpha value is -0.320. The maximum atomic E-state index is 10.3. The fourth-order valence-corrected chi connectivity index (χ4v) is 0.714. The maximum absolute atomic E-state index is 10.3. The molecule has 0 amide bonds. The van der Waals surface area contributed by atoms with Gasteiger partial charge in [0, 0.05) is 5.75 Å². The van der Waals surface area contributed by atoms with Crippen LogP contribution in [0.1, 0.15) is 14.3 Å². The van der Waals surface area contributed by atoms with Gasteiger partial charge in [-0.1, -0.05) is 0 Å². The quantitative estimate of drug-likeness (QED) is 0.213. The molecule has 5 N–H and O–H groups in total. The number of hydrogen-bond acceptors (Lipinski definition) is 6. The topological polar surface area (TPSA) is 152 Å². The van der Waals surface area contributed by atoms with E-state index in [0.717, 1.165) is 0 Å². The maximum Gasteiger partial charge on any atom is 1.00 e. The van der Waals surface area contributed by atoms with Gasteiger partial charge in [-0.15, -0.1) is 0 Å². The third-order valence-electron chi connectivity index (χ3n) is 1.39. The zero-order chi connectivity index (χ0) is 14.1. The van der Waals surface area contributed by atoms with Gasteiger partial charge >= 0.3 is 47.5 Å². The minimum atomic E-state index is -2.74. The number of carboxylic acid groups (broad SMARTS) is 3. The Kier molecular flexibility index (Phi) is 14.9. The number of rotatable bonds is 6. The third-order valence-corrected chi connectivity index (χ3v) is 1.59. The van der Waals surface area contributed by atoms with E-state index in [-0.39, 0.29) is 37.6 Å². The Bertz CT molecular complexity index is 270. The van der Waals surface area contributed by atoms with Gasteiger partial charge in [0.1, 0.15) is 0 Å². The number of aliphatic hydroxyl groups excluding tert-OH is 1. The van der Waals surface area contributed by atoms with E-state index >= 15 is 0 Å². The summed E-state index contributed by atoms with van der Waals surface area (Å²) in [4.78, 5) is 30.5. The van der Waals surface area contributed by atoms with Crippen LogP contribution in [0.4, 0.5) is 0 Å². The summed E-state index contributed by atoms with van der Waals surface area (Å²) in [7, 11) is 0. The molecule has 18 heavy (non-hydrogen) atoms. The smallest absolute Gasteiger partial charge is 1.00 e. The minimum absolute atomic E-state index is 0. The van der Waals surface area contributed by atoms with Crippen molar-refractivity contribution in [3.8, 4) is 0 Å². The van der Waals surface area contributed by atoms with Crippen molar-refractivity contribution in [2.75, 3.05) is 12.4 Å². The van der Waals surface area contributed by atoms with Crippen LogP contribution < -0.4 is 29.6 Å². The molecule has 0 saturated carbocycles.